The molecular weight excluding hydrogens is 661 g/mol. The van der Waals surface area contributed by atoms with Crippen molar-refractivity contribution in [2.24, 2.45) is 0 Å². The molecule has 9 nitrogen and oxygen atoms in total. The number of ether oxygens (including phenoxy) is 3. The Morgan fingerprint density at radius 2 is 1.82 bits per heavy atom. The molecule has 0 bridgehead atoms. The Bertz CT molecular complexity index is 1810. The number of benzene rings is 3. The van der Waals surface area contributed by atoms with Crippen LogP contribution < -0.4 is 15.0 Å². The number of aryl methyl sites for hydroxylation is 2. The smallest absolute Gasteiger partial charge is 0.251 e. The average molecular weight is 711 g/mol. The summed E-state index contributed by atoms with van der Waals surface area (Å²) in [4.78, 5) is 21.2. The van der Waals surface area contributed by atoms with Crippen molar-refractivity contribution < 1.29 is 23.2 Å². The number of nitrogens with one attached hydrogen (secondary N) is 1. The van der Waals surface area contributed by atoms with Gasteiger partial charge in [0.25, 0.3) is 5.91 Å². The van der Waals surface area contributed by atoms with Crippen LogP contribution in [0.3, 0.4) is 0 Å². The van der Waals surface area contributed by atoms with E-state index in [9.17, 15) is 9.00 Å². The van der Waals surface area contributed by atoms with Gasteiger partial charge in [-0.15, -0.1) is 0 Å². The van der Waals surface area contributed by atoms with E-state index in [0.29, 0.717) is 48.1 Å². The van der Waals surface area contributed by atoms with E-state index in [4.69, 9.17) is 14.2 Å². The van der Waals surface area contributed by atoms with E-state index in [-0.39, 0.29) is 12.0 Å². The van der Waals surface area contributed by atoms with Gasteiger partial charge in [-0.05, 0) is 111 Å². The Balaban J connectivity index is 1.16. The van der Waals surface area contributed by atoms with Crippen molar-refractivity contribution in [1.82, 2.24) is 9.55 Å². The number of amides is 1. The summed E-state index contributed by atoms with van der Waals surface area (Å²) in [7, 11) is -1.23. The lowest BCUT2D eigenvalue weighted by atomic mass is 10.00. The van der Waals surface area contributed by atoms with Gasteiger partial charge in [-0.3, -0.25) is 9.00 Å². The van der Waals surface area contributed by atoms with Gasteiger partial charge < -0.3 is 29.0 Å². The Kier molecular flexibility index (Phi) is 12.7. The standard InChI is InChI=1S/C41H50N4O5S/c1-4-6-21-48-23-24-50-36-14-9-31(10-15-36)32-11-18-39-34(25-32)26-33(19-20-45(39)27-37-8-7-22-49-37)41(46)43-35-12-16-38(17-13-35)51(47)28-40-30(3)42-29-44(40)5-2/h9-18,25-26,29,37H,4-8,19-24,27-28H2,1-3H3,(H,43,46)/t37-,51+/m0/s1. The van der Waals surface area contributed by atoms with Crippen LogP contribution in [-0.4, -0.2) is 65.3 Å². The fraction of sp³-hybridized carbons (Fsp3) is 0.415. The fourth-order valence-electron chi connectivity index (χ4n) is 6.56. The zero-order chi connectivity index (χ0) is 35.6. The highest BCUT2D eigenvalue weighted by molar-refractivity contribution is 7.84. The van der Waals surface area contributed by atoms with Gasteiger partial charge >= 0.3 is 0 Å². The van der Waals surface area contributed by atoms with Crippen molar-refractivity contribution in [3.8, 4) is 16.9 Å². The zero-order valence-corrected chi connectivity index (χ0v) is 30.9. The van der Waals surface area contributed by atoms with E-state index in [1.807, 2.05) is 54.0 Å². The van der Waals surface area contributed by atoms with Crippen LogP contribution in [0.15, 0.2) is 83.5 Å². The lowest BCUT2D eigenvalue weighted by molar-refractivity contribution is -0.112. The van der Waals surface area contributed by atoms with Crippen LogP contribution >= 0.6 is 0 Å². The Morgan fingerprint density at radius 3 is 2.57 bits per heavy atom. The monoisotopic (exact) mass is 710 g/mol. The van der Waals surface area contributed by atoms with Crippen LogP contribution in [0.5, 0.6) is 5.75 Å². The highest BCUT2D eigenvalue weighted by atomic mass is 32.2. The highest BCUT2D eigenvalue weighted by Crippen LogP contribution is 2.34. The summed E-state index contributed by atoms with van der Waals surface area (Å²) in [5, 5.41) is 3.09. The normalized spacial score (nSPS) is 16.3. The number of carbonyl (C=O) groups excluding carboxylic acids is 1. The summed E-state index contributed by atoms with van der Waals surface area (Å²) >= 11 is 0. The molecule has 0 radical (unpaired) electrons. The number of unbranched alkanes of at least 4 members (excludes halogenated alkanes) is 1. The van der Waals surface area contributed by atoms with Gasteiger partial charge in [0.2, 0.25) is 0 Å². The molecule has 6 rings (SSSR count). The summed E-state index contributed by atoms with van der Waals surface area (Å²) in [5.74, 6) is 1.07. The van der Waals surface area contributed by atoms with Gasteiger partial charge in [0.15, 0.2) is 0 Å². The molecule has 1 amide bonds. The predicted molar refractivity (Wildman–Crippen MR) is 205 cm³/mol. The number of imidazole rings is 1. The summed E-state index contributed by atoms with van der Waals surface area (Å²) in [6.45, 7) is 11.1. The second-order valence-corrected chi connectivity index (χ2v) is 14.6. The van der Waals surface area contributed by atoms with Crippen LogP contribution in [0.4, 0.5) is 11.4 Å². The first kappa shape index (κ1) is 36.5. The maximum absolute atomic E-state index is 13.8. The molecule has 2 aliphatic heterocycles. The molecule has 0 spiro atoms. The maximum atomic E-state index is 13.8. The first-order valence-electron chi connectivity index (χ1n) is 18.2. The molecule has 2 atom stereocenters. The maximum Gasteiger partial charge on any atom is 0.251 e. The zero-order valence-electron chi connectivity index (χ0n) is 30.1. The molecule has 4 aromatic rings. The van der Waals surface area contributed by atoms with Crippen molar-refractivity contribution in [1.29, 1.82) is 0 Å². The van der Waals surface area contributed by atoms with Crippen molar-refractivity contribution in [3.05, 3.63) is 95.6 Å². The third-order valence-electron chi connectivity index (χ3n) is 9.55. The molecule has 1 aromatic heterocycles. The van der Waals surface area contributed by atoms with Crippen molar-refractivity contribution in [3.63, 3.8) is 0 Å². The van der Waals surface area contributed by atoms with Crippen LogP contribution in [0.25, 0.3) is 17.2 Å². The van der Waals surface area contributed by atoms with E-state index in [2.05, 4.69) is 59.4 Å². The summed E-state index contributed by atoms with van der Waals surface area (Å²) in [6.07, 6.45) is 8.93. The summed E-state index contributed by atoms with van der Waals surface area (Å²) in [6, 6.07) is 21.9. The molecular formula is C41H50N4O5S. The molecule has 51 heavy (non-hydrogen) atoms. The van der Waals surface area contributed by atoms with Crippen LogP contribution in [0, 0.1) is 6.92 Å². The van der Waals surface area contributed by atoms with Gasteiger partial charge in [-0.1, -0.05) is 31.5 Å². The third kappa shape index (κ3) is 9.55. The second kappa shape index (κ2) is 17.8. The van der Waals surface area contributed by atoms with Gasteiger partial charge in [-0.25, -0.2) is 4.98 Å². The highest BCUT2D eigenvalue weighted by Gasteiger charge is 2.25. The largest absolute Gasteiger partial charge is 0.491 e. The quantitative estimate of drug-likeness (QED) is 0.119. The minimum atomic E-state index is -1.23. The number of hydrogen-bond acceptors (Lipinski definition) is 7. The molecule has 0 aliphatic carbocycles. The summed E-state index contributed by atoms with van der Waals surface area (Å²) in [5.41, 5.74) is 7.51. The van der Waals surface area contributed by atoms with Gasteiger partial charge in [0.1, 0.15) is 12.4 Å². The van der Waals surface area contributed by atoms with E-state index >= 15 is 0 Å². The van der Waals surface area contributed by atoms with Crippen molar-refractivity contribution >= 4 is 34.2 Å². The van der Waals surface area contributed by atoms with Gasteiger partial charge in [0.05, 0.1) is 47.0 Å². The van der Waals surface area contributed by atoms with Gasteiger partial charge in [-0.2, -0.15) is 0 Å². The fourth-order valence-corrected chi connectivity index (χ4v) is 7.79. The molecule has 0 saturated carbocycles. The Labute approximate surface area is 304 Å². The lowest BCUT2D eigenvalue weighted by Crippen LogP contribution is -2.33. The molecule has 10 heteroatoms. The second-order valence-electron chi connectivity index (χ2n) is 13.1. The van der Waals surface area contributed by atoms with Crippen LogP contribution in [-0.2, 0) is 37.4 Å². The SMILES string of the molecule is CCCCOCCOc1ccc(-c2ccc3c(c2)C=C(C(=O)Nc2ccc([S@](=O)Cc4c(C)ncn4CC)cc2)CCN3C[C@@H]2CCCO2)cc1. The molecule has 3 heterocycles. The minimum absolute atomic E-state index is 0.137. The number of aromatic nitrogens is 2. The lowest BCUT2D eigenvalue weighted by Gasteiger charge is -2.28. The predicted octanol–water partition coefficient (Wildman–Crippen LogP) is 7.79. The molecule has 1 N–H and O–H groups in total. The van der Waals surface area contributed by atoms with E-state index in [1.165, 1.54) is 0 Å². The molecule has 270 valence electrons. The molecule has 1 fully saturated rings. The minimum Gasteiger partial charge on any atom is -0.491 e. The van der Waals surface area contributed by atoms with Crippen molar-refractivity contribution in [2.45, 2.75) is 76.2 Å². The third-order valence-corrected chi connectivity index (χ3v) is 10.9. The van der Waals surface area contributed by atoms with E-state index in [0.717, 1.165) is 91.5 Å². The summed E-state index contributed by atoms with van der Waals surface area (Å²) < 4.78 is 32.7. The van der Waals surface area contributed by atoms with E-state index < -0.39 is 10.8 Å². The van der Waals surface area contributed by atoms with E-state index in [1.54, 1.807) is 6.33 Å². The Hall–Kier alpha value is -4.25. The number of anilines is 2. The molecule has 1 saturated heterocycles. The number of hydrogen-bond donors (Lipinski definition) is 1. The van der Waals surface area contributed by atoms with Crippen LogP contribution in [0.2, 0.25) is 0 Å². The first-order valence-corrected chi connectivity index (χ1v) is 19.6. The van der Waals surface area contributed by atoms with Crippen LogP contribution in [0.1, 0.15) is 62.9 Å². The number of nitrogens with zero attached hydrogens (tertiary/aromatic N) is 3. The first-order chi connectivity index (χ1) is 24.9. The van der Waals surface area contributed by atoms with Crippen molar-refractivity contribution in [2.75, 3.05) is 49.7 Å². The van der Waals surface area contributed by atoms with Gasteiger partial charge in [0, 0.05) is 54.7 Å². The Morgan fingerprint density at radius 1 is 1.02 bits per heavy atom. The average Bonchev–Trinajstić information content (AvgIpc) is 3.75. The molecule has 2 aliphatic rings. The number of rotatable bonds is 16. The molecule has 0 unspecified atom stereocenters. The topological polar surface area (TPSA) is 94.9 Å². The molecule has 3 aromatic carbocycles. The number of carbonyl (C=O) groups is 1. The number of fused-ring (bicyclic) bond motifs is 1.